The highest BCUT2D eigenvalue weighted by molar-refractivity contribution is 6.31. The van der Waals surface area contributed by atoms with Crippen molar-refractivity contribution in [2.24, 2.45) is 0 Å². The number of rotatable bonds is 6. The molecule has 31 heavy (non-hydrogen) atoms. The molecule has 1 aliphatic heterocycles. The summed E-state index contributed by atoms with van der Waals surface area (Å²) in [5.74, 6) is -6.00. The van der Waals surface area contributed by atoms with Gasteiger partial charge in [-0.2, -0.15) is 4.39 Å². The van der Waals surface area contributed by atoms with Crippen LogP contribution in [0.3, 0.4) is 0 Å². The Balaban J connectivity index is 1.55. The van der Waals surface area contributed by atoms with Crippen LogP contribution in [-0.2, 0) is 9.59 Å². The predicted molar refractivity (Wildman–Crippen MR) is 108 cm³/mol. The minimum absolute atomic E-state index is 0.0426. The number of aliphatic hydroxyl groups is 1. The summed E-state index contributed by atoms with van der Waals surface area (Å²) in [7, 11) is 0. The standard InChI is InChI=1S/C20H16Cl2F2N2O5/c1-10(25-18(28)9-30-12-3-4-14(22)15(23)7-12)26-19(29)20(24)8-16(27)13-6-11(21)2-5-17(13)31-20/h2-7,16,27H,1,8-9H2,(H,25,28)(H,26,29). The number of hydrogen-bond acceptors (Lipinski definition) is 5. The first-order valence-electron chi connectivity index (χ1n) is 8.81. The summed E-state index contributed by atoms with van der Waals surface area (Å²) in [6.07, 6.45) is -2.03. The van der Waals surface area contributed by atoms with Crippen molar-refractivity contribution in [3.05, 3.63) is 70.2 Å². The fourth-order valence-electron chi connectivity index (χ4n) is 2.77. The number of halogens is 4. The lowest BCUT2D eigenvalue weighted by molar-refractivity contribution is -0.164. The molecule has 0 radical (unpaired) electrons. The maximum absolute atomic E-state index is 15.1. The molecule has 1 heterocycles. The van der Waals surface area contributed by atoms with E-state index in [1.807, 2.05) is 0 Å². The second-order valence-corrected chi connectivity index (χ2v) is 7.42. The fraction of sp³-hybridized carbons (Fsp3) is 0.200. The van der Waals surface area contributed by atoms with Crippen molar-refractivity contribution in [1.29, 1.82) is 0 Å². The zero-order valence-electron chi connectivity index (χ0n) is 15.8. The number of aliphatic hydroxyl groups excluding tert-OH is 1. The van der Waals surface area contributed by atoms with Crippen LogP contribution in [0.1, 0.15) is 18.1 Å². The van der Waals surface area contributed by atoms with Gasteiger partial charge in [0, 0.05) is 16.7 Å². The molecule has 0 bridgehead atoms. The number of fused-ring (bicyclic) bond motifs is 1. The van der Waals surface area contributed by atoms with Crippen LogP contribution in [0.4, 0.5) is 8.78 Å². The van der Waals surface area contributed by atoms with Crippen molar-refractivity contribution < 1.29 is 33.0 Å². The summed E-state index contributed by atoms with van der Waals surface area (Å²) >= 11 is 11.4. The molecule has 0 saturated heterocycles. The average Bonchev–Trinajstić information content (AvgIpc) is 2.69. The van der Waals surface area contributed by atoms with Gasteiger partial charge in [-0.15, -0.1) is 0 Å². The summed E-state index contributed by atoms with van der Waals surface area (Å²) in [6.45, 7) is 2.88. The van der Waals surface area contributed by atoms with E-state index in [2.05, 4.69) is 17.2 Å². The first-order chi connectivity index (χ1) is 14.6. The molecule has 2 atom stereocenters. The molecule has 2 aromatic carbocycles. The maximum Gasteiger partial charge on any atom is 0.329 e. The molecule has 0 aromatic heterocycles. The zero-order chi connectivity index (χ0) is 22.8. The smallest absolute Gasteiger partial charge is 0.329 e. The lowest BCUT2D eigenvalue weighted by Gasteiger charge is -2.33. The molecule has 0 spiro atoms. The summed E-state index contributed by atoms with van der Waals surface area (Å²) in [6, 6.07) is 7.77. The molecule has 1 aliphatic rings. The molecule has 2 aromatic rings. The molecule has 0 aliphatic carbocycles. The molecule has 0 saturated carbocycles. The van der Waals surface area contributed by atoms with Crippen LogP contribution in [0.5, 0.6) is 11.5 Å². The quantitative estimate of drug-likeness (QED) is 0.598. The van der Waals surface area contributed by atoms with Gasteiger partial charge < -0.3 is 25.2 Å². The summed E-state index contributed by atoms with van der Waals surface area (Å²) in [5, 5.41) is 14.6. The minimum atomic E-state index is -2.91. The van der Waals surface area contributed by atoms with E-state index < -0.39 is 42.6 Å². The highest BCUT2D eigenvalue weighted by Crippen LogP contribution is 2.41. The van der Waals surface area contributed by atoms with E-state index in [4.69, 9.17) is 32.7 Å². The third-order valence-electron chi connectivity index (χ3n) is 4.21. The monoisotopic (exact) mass is 472 g/mol. The van der Waals surface area contributed by atoms with E-state index in [0.29, 0.717) is 5.02 Å². The minimum Gasteiger partial charge on any atom is -0.484 e. The van der Waals surface area contributed by atoms with Gasteiger partial charge in [0.2, 0.25) is 0 Å². The van der Waals surface area contributed by atoms with Crippen LogP contribution in [0.2, 0.25) is 10.0 Å². The Labute approximate surface area is 185 Å². The van der Waals surface area contributed by atoms with Gasteiger partial charge in [-0.3, -0.25) is 9.59 Å². The first kappa shape index (κ1) is 22.8. The zero-order valence-corrected chi connectivity index (χ0v) is 17.3. The number of hydrogen-bond donors (Lipinski definition) is 3. The second kappa shape index (κ2) is 9.09. The van der Waals surface area contributed by atoms with Crippen molar-refractivity contribution in [3.8, 4) is 11.5 Å². The van der Waals surface area contributed by atoms with E-state index in [1.165, 1.54) is 30.3 Å². The number of amides is 2. The summed E-state index contributed by atoms with van der Waals surface area (Å²) in [4.78, 5) is 24.3. The van der Waals surface area contributed by atoms with Crippen molar-refractivity contribution in [3.63, 3.8) is 0 Å². The molecule has 3 rings (SSSR count). The van der Waals surface area contributed by atoms with Crippen LogP contribution < -0.4 is 20.1 Å². The maximum atomic E-state index is 15.1. The van der Waals surface area contributed by atoms with E-state index in [9.17, 15) is 19.1 Å². The van der Waals surface area contributed by atoms with E-state index in [1.54, 1.807) is 0 Å². The van der Waals surface area contributed by atoms with Gasteiger partial charge in [-0.1, -0.05) is 29.8 Å². The van der Waals surface area contributed by atoms with Crippen molar-refractivity contribution in [2.75, 3.05) is 6.61 Å². The third-order valence-corrected chi connectivity index (χ3v) is 4.75. The highest BCUT2D eigenvalue weighted by atomic mass is 35.5. The molecule has 2 amide bonds. The first-order valence-corrected chi connectivity index (χ1v) is 9.56. The number of benzene rings is 2. The van der Waals surface area contributed by atoms with Gasteiger partial charge in [0.15, 0.2) is 6.61 Å². The second-order valence-electron chi connectivity index (χ2n) is 6.58. The number of nitrogens with one attached hydrogen (secondary N) is 2. The van der Waals surface area contributed by atoms with E-state index >= 15 is 4.39 Å². The van der Waals surface area contributed by atoms with Gasteiger partial charge in [-0.05, 0) is 30.3 Å². The Morgan fingerprint density at radius 1 is 1.26 bits per heavy atom. The largest absolute Gasteiger partial charge is 0.484 e. The van der Waals surface area contributed by atoms with E-state index in [-0.39, 0.29) is 27.9 Å². The Kier molecular flexibility index (Phi) is 6.68. The third kappa shape index (κ3) is 5.43. The molecule has 0 fully saturated rings. The number of ether oxygens (including phenoxy) is 2. The predicted octanol–water partition coefficient (Wildman–Crippen LogP) is 3.40. The van der Waals surface area contributed by atoms with Crippen LogP contribution in [0.25, 0.3) is 0 Å². The van der Waals surface area contributed by atoms with Crippen LogP contribution in [0.15, 0.2) is 48.8 Å². The molecule has 7 nitrogen and oxygen atoms in total. The van der Waals surface area contributed by atoms with Gasteiger partial charge in [0.25, 0.3) is 5.91 Å². The van der Waals surface area contributed by atoms with Crippen LogP contribution >= 0.6 is 23.2 Å². The average molecular weight is 473 g/mol. The number of carbonyl (C=O) groups excluding carboxylic acids is 2. The lowest BCUT2D eigenvalue weighted by Crippen LogP contribution is -2.52. The number of alkyl halides is 1. The molecule has 3 N–H and O–H groups in total. The number of carbonyl (C=O) groups is 2. The van der Waals surface area contributed by atoms with E-state index in [0.717, 1.165) is 6.07 Å². The lowest BCUT2D eigenvalue weighted by atomic mass is 9.97. The molecule has 164 valence electrons. The van der Waals surface area contributed by atoms with Crippen molar-refractivity contribution in [1.82, 2.24) is 10.6 Å². The van der Waals surface area contributed by atoms with Gasteiger partial charge in [0.05, 0.1) is 17.5 Å². The Bertz CT molecular complexity index is 1050. The summed E-state index contributed by atoms with van der Waals surface area (Å²) < 4.78 is 38.7. The Hall–Kier alpha value is -2.88. The fourth-order valence-corrected chi connectivity index (χ4v) is 3.07. The summed E-state index contributed by atoms with van der Waals surface area (Å²) in [5.41, 5.74) is 0.247. The Morgan fingerprint density at radius 3 is 2.71 bits per heavy atom. The highest BCUT2D eigenvalue weighted by Gasteiger charge is 2.48. The van der Waals surface area contributed by atoms with Gasteiger partial charge in [0.1, 0.15) is 23.1 Å². The molecule has 2 unspecified atom stereocenters. The molecule has 11 heteroatoms. The SMILES string of the molecule is C=C(NC(=O)COc1ccc(Cl)c(F)c1)NC(=O)C1(F)CC(O)c2cc(Cl)ccc2O1. The Morgan fingerprint density at radius 2 is 2.00 bits per heavy atom. The van der Waals surface area contributed by atoms with Crippen molar-refractivity contribution >= 4 is 35.0 Å². The van der Waals surface area contributed by atoms with Crippen LogP contribution in [-0.4, -0.2) is 29.4 Å². The van der Waals surface area contributed by atoms with Gasteiger partial charge >= 0.3 is 11.8 Å². The van der Waals surface area contributed by atoms with Gasteiger partial charge in [-0.25, -0.2) is 4.39 Å². The normalized spacial score (nSPS) is 19.6. The molecular weight excluding hydrogens is 457 g/mol. The van der Waals surface area contributed by atoms with Crippen molar-refractivity contribution in [2.45, 2.75) is 18.4 Å². The van der Waals surface area contributed by atoms with Crippen LogP contribution in [0, 0.1) is 5.82 Å². The topological polar surface area (TPSA) is 96.9 Å². The molecular formula is C20H16Cl2F2N2O5.